The van der Waals surface area contributed by atoms with E-state index in [2.05, 4.69) is 0 Å². The van der Waals surface area contributed by atoms with E-state index in [1.807, 2.05) is 6.92 Å². The van der Waals surface area contributed by atoms with Crippen molar-refractivity contribution in [3.8, 4) is 0 Å². The summed E-state index contributed by atoms with van der Waals surface area (Å²) in [5, 5.41) is 0. The van der Waals surface area contributed by atoms with Gasteiger partial charge in [-0.2, -0.15) is 0 Å². The Labute approximate surface area is 84.8 Å². The minimum Gasteiger partial charge on any atom is -0.451 e. The van der Waals surface area contributed by atoms with Gasteiger partial charge in [-0.3, -0.25) is 9.59 Å². The van der Waals surface area contributed by atoms with Crippen molar-refractivity contribution < 1.29 is 14.3 Å². The summed E-state index contributed by atoms with van der Waals surface area (Å²) in [6.07, 6.45) is 4.74. The van der Waals surface area contributed by atoms with Gasteiger partial charge in [0.1, 0.15) is 0 Å². The molecule has 1 aliphatic rings. The normalized spacial score (nSPS) is 27.4. The Morgan fingerprint density at radius 3 is 2.71 bits per heavy atom. The third-order valence-electron chi connectivity index (χ3n) is 2.74. The van der Waals surface area contributed by atoms with E-state index in [1.54, 1.807) is 0 Å². The van der Waals surface area contributed by atoms with Crippen LogP contribution in [-0.2, 0) is 14.3 Å². The van der Waals surface area contributed by atoms with Gasteiger partial charge < -0.3 is 4.74 Å². The maximum atomic E-state index is 11.8. The van der Waals surface area contributed by atoms with Crippen LogP contribution in [0.4, 0.5) is 0 Å². The van der Waals surface area contributed by atoms with E-state index in [4.69, 9.17) is 4.74 Å². The van der Waals surface area contributed by atoms with Crippen LogP contribution in [0, 0.1) is 0 Å². The first kappa shape index (κ1) is 11.2. The van der Waals surface area contributed by atoms with Gasteiger partial charge in [0.05, 0.1) is 0 Å². The average molecular weight is 198 g/mol. The maximum absolute atomic E-state index is 11.8. The predicted molar refractivity (Wildman–Crippen MR) is 52.9 cm³/mol. The van der Waals surface area contributed by atoms with Gasteiger partial charge in [-0.15, -0.1) is 0 Å². The Balaban J connectivity index is 2.77. The molecule has 1 atom stereocenters. The molecule has 0 spiro atoms. The quantitative estimate of drug-likeness (QED) is 0.653. The fourth-order valence-electron chi connectivity index (χ4n) is 2.17. The number of ether oxygens (including phenoxy) is 1. The van der Waals surface area contributed by atoms with Crippen molar-refractivity contribution >= 4 is 11.8 Å². The van der Waals surface area contributed by atoms with Crippen LogP contribution in [0.5, 0.6) is 0 Å². The highest BCUT2D eigenvalue weighted by atomic mass is 16.6. The molecule has 3 heteroatoms. The smallest absolute Gasteiger partial charge is 0.303 e. The Bertz CT molecular complexity index is 231. The number of hydrogen-bond acceptors (Lipinski definition) is 3. The molecule has 1 saturated carbocycles. The number of carbonyl (C=O) groups is 2. The maximum Gasteiger partial charge on any atom is 0.303 e. The second-order valence-corrected chi connectivity index (χ2v) is 3.97. The van der Waals surface area contributed by atoms with Crippen molar-refractivity contribution in [1.29, 1.82) is 0 Å². The molecule has 1 fully saturated rings. The van der Waals surface area contributed by atoms with Gasteiger partial charge in [-0.1, -0.05) is 13.3 Å². The Hall–Kier alpha value is -0.860. The molecule has 80 valence electrons. The van der Waals surface area contributed by atoms with Gasteiger partial charge in [-0.25, -0.2) is 0 Å². The van der Waals surface area contributed by atoms with Crippen LogP contribution in [0.1, 0.15) is 52.4 Å². The lowest BCUT2D eigenvalue weighted by Gasteiger charge is -2.34. The summed E-state index contributed by atoms with van der Waals surface area (Å²) in [5.41, 5.74) is -0.779. The number of hydrogen-bond donors (Lipinski definition) is 0. The average Bonchev–Trinajstić information content (AvgIpc) is 2.09. The predicted octanol–water partition coefficient (Wildman–Crippen LogP) is 2.23. The first-order chi connectivity index (χ1) is 6.60. The second kappa shape index (κ2) is 4.58. The van der Waals surface area contributed by atoms with E-state index in [0.29, 0.717) is 19.3 Å². The molecule has 0 aromatic rings. The molecule has 1 unspecified atom stereocenters. The van der Waals surface area contributed by atoms with Crippen molar-refractivity contribution in [2.75, 3.05) is 0 Å². The van der Waals surface area contributed by atoms with E-state index >= 15 is 0 Å². The molecule has 0 heterocycles. The molecular formula is C11H18O3. The topological polar surface area (TPSA) is 43.4 Å². The summed E-state index contributed by atoms with van der Waals surface area (Å²) in [6.45, 7) is 3.38. The van der Waals surface area contributed by atoms with E-state index in [0.717, 1.165) is 19.3 Å². The van der Waals surface area contributed by atoms with Crippen LogP contribution in [0.2, 0.25) is 0 Å². The molecule has 1 rings (SSSR count). The summed E-state index contributed by atoms with van der Waals surface area (Å²) in [5.74, 6) is -0.227. The van der Waals surface area contributed by atoms with E-state index < -0.39 is 5.60 Å². The number of ketones is 1. The molecule has 3 nitrogen and oxygen atoms in total. The van der Waals surface area contributed by atoms with Crippen LogP contribution in [0.15, 0.2) is 0 Å². The zero-order valence-electron chi connectivity index (χ0n) is 8.97. The minimum atomic E-state index is -0.779. The van der Waals surface area contributed by atoms with Gasteiger partial charge in [0, 0.05) is 13.3 Å². The number of Topliss-reactive ketones (excluding diaryl/α,β-unsaturated/α-hetero) is 1. The highest BCUT2D eigenvalue weighted by Gasteiger charge is 2.41. The number of rotatable bonds is 3. The van der Waals surface area contributed by atoms with Crippen LogP contribution >= 0.6 is 0 Å². The highest BCUT2D eigenvalue weighted by Crippen LogP contribution is 2.32. The molecule has 1 aliphatic carbocycles. The fourth-order valence-corrected chi connectivity index (χ4v) is 2.17. The van der Waals surface area contributed by atoms with Crippen molar-refractivity contribution in [1.82, 2.24) is 0 Å². The summed E-state index contributed by atoms with van der Waals surface area (Å²) >= 11 is 0. The van der Waals surface area contributed by atoms with E-state index in [1.165, 1.54) is 6.92 Å². The first-order valence-electron chi connectivity index (χ1n) is 5.33. The Morgan fingerprint density at radius 2 is 2.21 bits per heavy atom. The zero-order chi connectivity index (χ0) is 10.6. The monoisotopic (exact) mass is 198 g/mol. The molecule has 0 amide bonds. The molecule has 0 saturated heterocycles. The van der Waals surface area contributed by atoms with Crippen molar-refractivity contribution in [3.63, 3.8) is 0 Å². The molecule has 0 N–H and O–H groups in total. The van der Waals surface area contributed by atoms with Gasteiger partial charge in [0.25, 0.3) is 0 Å². The second-order valence-electron chi connectivity index (χ2n) is 3.97. The van der Waals surface area contributed by atoms with Crippen molar-refractivity contribution in [2.45, 2.75) is 58.0 Å². The molecular weight excluding hydrogens is 180 g/mol. The SMILES string of the molecule is CCCC1(OC(C)=O)CCCCC1=O. The Kier molecular flexibility index (Phi) is 3.67. The molecule has 0 bridgehead atoms. The first-order valence-corrected chi connectivity index (χ1v) is 5.33. The highest BCUT2D eigenvalue weighted by molar-refractivity contribution is 5.90. The van der Waals surface area contributed by atoms with E-state index in [-0.39, 0.29) is 11.8 Å². The molecule has 0 aromatic carbocycles. The number of carbonyl (C=O) groups excluding carboxylic acids is 2. The van der Waals surface area contributed by atoms with Gasteiger partial charge in [-0.05, 0) is 25.7 Å². The van der Waals surface area contributed by atoms with Gasteiger partial charge >= 0.3 is 5.97 Å². The minimum absolute atomic E-state index is 0.112. The fraction of sp³-hybridized carbons (Fsp3) is 0.818. The van der Waals surface area contributed by atoms with Crippen molar-refractivity contribution in [3.05, 3.63) is 0 Å². The van der Waals surface area contributed by atoms with Gasteiger partial charge in [0.2, 0.25) is 0 Å². The summed E-state index contributed by atoms with van der Waals surface area (Å²) in [6, 6.07) is 0. The lowest BCUT2D eigenvalue weighted by atomic mass is 9.80. The zero-order valence-corrected chi connectivity index (χ0v) is 8.97. The standard InChI is InChI=1S/C11H18O3/c1-3-7-11(14-9(2)12)8-5-4-6-10(11)13/h3-8H2,1-2H3. The third-order valence-corrected chi connectivity index (χ3v) is 2.74. The van der Waals surface area contributed by atoms with Crippen LogP contribution < -0.4 is 0 Å². The molecule has 0 radical (unpaired) electrons. The van der Waals surface area contributed by atoms with Gasteiger partial charge in [0.15, 0.2) is 11.4 Å². The van der Waals surface area contributed by atoms with Crippen LogP contribution in [0.3, 0.4) is 0 Å². The number of esters is 1. The lowest BCUT2D eigenvalue weighted by Crippen LogP contribution is -2.45. The third kappa shape index (κ3) is 2.34. The summed E-state index contributed by atoms with van der Waals surface area (Å²) in [4.78, 5) is 22.7. The molecule has 14 heavy (non-hydrogen) atoms. The largest absolute Gasteiger partial charge is 0.451 e. The van der Waals surface area contributed by atoms with E-state index in [9.17, 15) is 9.59 Å². The molecule has 0 aromatic heterocycles. The molecule has 0 aliphatic heterocycles. The van der Waals surface area contributed by atoms with Crippen LogP contribution in [-0.4, -0.2) is 17.4 Å². The van der Waals surface area contributed by atoms with Crippen LogP contribution in [0.25, 0.3) is 0 Å². The summed E-state index contributed by atoms with van der Waals surface area (Å²) < 4.78 is 5.24. The Morgan fingerprint density at radius 1 is 1.50 bits per heavy atom. The lowest BCUT2D eigenvalue weighted by molar-refractivity contribution is -0.169. The summed E-state index contributed by atoms with van der Waals surface area (Å²) in [7, 11) is 0. The van der Waals surface area contributed by atoms with Crippen molar-refractivity contribution in [2.24, 2.45) is 0 Å².